The molecule has 0 radical (unpaired) electrons. The van der Waals surface area contributed by atoms with Crippen molar-refractivity contribution in [2.45, 2.75) is 24.8 Å². The van der Waals surface area contributed by atoms with E-state index in [2.05, 4.69) is 10.3 Å². The zero-order chi connectivity index (χ0) is 26.5. The summed E-state index contributed by atoms with van der Waals surface area (Å²) in [4.78, 5) is 36.5. The molecule has 1 aromatic heterocycles. The van der Waals surface area contributed by atoms with Gasteiger partial charge in [-0.3, -0.25) is 9.78 Å². The van der Waals surface area contributed by atoms with Crippen molar-refractivity contribution in [3.8, 4) is 11.5 Å². The summed E-state index contributed by atoms with van der Waals surface area (Å²) in [6.45, 7) is 2.22. The molecule has 7 nitrogen and oxygen atoms in total. The number of allylic oxidation sites excluding steroid dienone is 2. The zero-order valence-corrected chi connectivity index (χ0v) is 22.2. The van der Waals surface area contributed by atoms with E-state index in [1.54, 1.807) is 24.4 Å². The highest BCUT2D eigenvalue weighted by Gasteiger charge is 2.26. The van der Waals surface area contributed by atoms with Gasteiger partial charge in [-0.25, -0.2) is 4.39 Å². The summed E-state index contributed by atoms with van der Waals surface area (Å²) in [6, 6.07) is 13.6. The number of fused-ring (bicyclic) bond motifs is 1. The molecule has 0 aliphatic heterocycles. The smallest absolute Gasteiger partial charge is 0.237 e. The Bertz CT molecular complexity index is 1350. The molecule has 0 unspecified atom stereocenters. The molecular weight excluding hydrogens is 514 g/mol. The van der Waals surface area contributed by atoms with Crippen molar-refractivity contribution in [3.63, 3.8) is 0 Å². The second-order valence-corrected chi connectivity index (χ2v) is 10.8. The van der Waals surface area contributed by atoms with Crippen LogP contribution in [0, 0.1) is 5.82 Å². The lowest BCUT2D eigenvalue weighted by Gasteiger charge is -2.14. The number of hydrogen-bond donors (Lipinski definition) is 3. The molecule has 1 heterocycles. The largest absolute Gasteiger partial charge is 0.495 e. The van der Waals surface area contributed by atoms with Gasteiger partial charge in [0.2, 0.25) is 13.5 Å². The Morgan fingerprint density at radius 1 is 1.11 bits per heavy atom. The molecule has 192 valence electrons. The van der Waals surface area contributed by atoms with Gasteiger partial charge in [-0.2, -0.15) is 0 Å². The standard InChI is InChI=1S/C27H26FN2O5PS/c1-16-21(10-17-11-24(34-2)27(37-36(32)33)25(12-17)35-3)20-8-7-18(28)13-23(20)22(16)14-26(31)30-15-19-6-4-5-9-29-19/h4-13,32-33H,14-15H2,1-3H3,(H,30,31)/b21-10-. The Balaban J connectivity index is 1.69. The van der Waals surface area contributed by atoms with Gasteiger partial charge in [0.05, 0.1) is 32.9 Å². The van der Waals surface area contributed by atoms with Crippen LogP contribution in [0.2, 0.25) is 0 Å². The number of pyridine rings is 1. The number of rotatable bonds is 9. The molecule has 0 saturated heterocycles. The molecule has 1 aliphatic carbocycles. The van der Waals surface area contributed by atoms with Crippen molar-refractivity contribution >= 4 is 42.1 Å². The summed E-state index contributed by atoms with van der Waals surface area (Å²) < 4.78 is 25.2. The van der Waals surface area contributed by atoms with Crippen LogP contribution in [0.4, 0.5) is 4.39 Å². The Hall–Kier alpha value is -3.23. The Kier molecular flexibility index (Phi) is 8.61. The van der Waals surface area contributed by atoms with Crippen LogP contribution >= 0.6 is 19.0 Å². The normalized spacial score (nSPS) is 13.8. The van der Waals surface area contributed by atoms with Gasteiger partial charge in [0.1, 0.15) is 22.2 Å². The molecule has 0 bridgehead atoms. The molecule has 2 aromatic carbocycles. The van der Waals surface area contributed by atoms with Gasteiger partial charge in [-0.1, -0.05) is 12.1 Å². The average molecular weight is 541 g/mol. The van der Waals surface area contributed by atoms with Gasteiger partial charge >= 0.3 is 0 Å². The molecule has 0 spiro atoms. The third-order valence-corrected chi connectivity index (χ3v) is 7.74. The van der Waals surface area contributed by atoms with Crippen LogP contribution in [-0.2, 0) is 11.3 Å². The van der Waals surface area contributed by atoms with Crippen molar-refractivity contribution in [1.82, 2.24) is 10.3 Å². The molecule has 1 amide bonds. The van der Waals surface area contributed by atoms with E-state index in [0.717, 1.165) is 44.9 Å². The van der Waals surface area contributed by atoms with Crippen LogP contribution < -0.4 is 14.8 Å². The summed E-state index contributed by atoms with van der Waals surface area (Å²) in [5.74, 6) is 0.291. The van der Waals surface area contributed by atoms with E-state index in [9.17, 15) is 19.0 Å². The minimum Gasteiger partial charge on any atom is -0.495 e. The number of nitrogens with one attached hydrogen (secondary N) is 1. The first kappa shape index (κ1) is 26.8. The highest BCUT2D eigenvalue weighted by Crippen LogP contribution is 2.54. The second-order valence-electron chi connectivity index (χ2n) is 8.22. The number of hydrogen-bond acceptors (Lipinski definition) is 7. The van der Waals surface area contributed by atoms with Crippen LogP contribution in [0.5, 0.6) is 11.5 Å². The van der Waals surface area contributed by atoms with Gasteiger partial charge in [0.15, 0.2) is 0 Å². The summed E-state index contributed by atoms with van der Waals surface area (Å²) in [6.07, 6.45) is 3.68. The first-order valence-electron chi connectivity index (χ1n) is 11.3. The highest BCUT2D eigenvalue weighted by atomic mass is 32.7. The average Bonchev–Trinajstić information content (AvgIpc) is 3.13. The van der Waals surface area contributed by atoms with Gasteiger partial charge in [0.25, 0.3) is 0 Å². The topological polar surface area (TPSA) is 101 Å². The molecule has 10 heteroatoms. The number of amides is 1. The number of methoxy groups -OCH3 is 2. The fraction of sp³-hybridized carbons (Fsp3) is 0.185. The van der Waals surface area contributed by atoms with E-state index in [1.807, 2.05) is 31.2 Å². The van der Waals surface area contributed by atoms with Crippen LogP contribution in [0.3, 0.4) is 0 Å². The predicted octanol–water partition coefficient (Wildman–Crippen LogP) is 5.58. The van der Waals surface area contributed by atoms with E-state index in [0.29, 0.717) is 28.5 Å². The van der Waals surface area contributed by atoms with E-state index in [4.69, 9.17) is 9.47 Å². The number of carbonyl (C=O) groups excluding carboxylic acids is 1. The van der Waals surface area contributed by atoms with Crippen molar-refractivity contribution in [2.75, 3.05) is 14.2 Å². The molecule has 4 rings (SSSR count). The Morgan fingerprint density at radius 2 is 1.84 bits per heavy atom. The lowest BCUT2D eigenvalue weighted by atomic mass is 10.0. The maximum Gasteiger partial charge on any atom is 0.237 e. The van der Waals surface area contributed by atoms with Crippen molar-refractivity contribution in [2.24, 2.45) is 0 Å². The summed E-state index contributed by atoms with van der Waals surface area (Å²) >= 11 is 0.859. The fourth-order valence-corrected chi connectivity index (χ4v) is 5.88. The zero-order valence-electron chi connectivity index (χ0n) is 20.5. The molecule has 1 aliphatic rings. The van der Waals surface area contributed by atoms with Gasteiger partial charge in [-0.05, 0) is 94.2 Å². The van der Waals surface area contributed by atoms with Crippen molar-refractivity contribution in [1.29, 1.82) is 0 Å². The monoisotopic (exact) mass is 540 g/mol. The fourth-order valence-electron chi connectivity index (χ4n) is 4.22. The van der Waals surface area contributed by atoms with E-state index < -0.39 is 7.58 Å². The number of halogens is 1. The van der Waals surface area contributed by atoms with Crippen LogP contribution in [-0.4, -0.2) is 34.9 Å². The number of ether oxygens (including phenoxy) is 2. The van der Waals surface area contributed by atoms with Crippen LogP contribution in [0.1, 0.15) is 35.7 Å². The minimum atomic E-state index is -2.26. The van der Waals surface area contributed by atoms with E-state index >= 15 is 0 Å². The molecule has 0 saturated carbocycles. The summed E-state index contributed by atoms with van der Waals surface area (Å²) in [7, 11) is 0.722. The number of carbonyl (C=O) groups is 1. The SMILES string of the molecule is COc1cc(/C=C2/C(C)=C(CC(=O)NCc3ccccn3)c3cc(F)ccc32)cc(OC)c1SP(O)O. The third kappa shape index (κ3) is 6.19. The minimum absolute atomic E-state index is 0.0885. The Labute approximate surface area is 219 Å². The molecule has 0 fully saturated rings. The van der Waals surface area contributed by atoms with Crippen molar-refractivity contribution < 1.29 is 28.4 Å². The number of benzene rings is 2. The first-order chi connectivity index (χ1) is 17.8. The maximum atomic E-state index is 14.2. The lowest BCUT2D eigenvalue weighted by Crippen LogP contribution is -2.23. The summed E-state index contributed by atoms with van der Waals surface area (Å²) in [5.41, 5.74) is 5.43. The molecule has 3 N–H and O–H groups in total. The van der Waals surface area contributed by atoms with Crippen LogP contribution in [0.15, 0.2) is 65.2 Å². The van der Waals surface area contributed by atoms with Gasteiger partial charge in [0, 0.05) is 6.20 Å². The van der Waals surface area contributed by atoms with Crippen LogP contribution in [0.25, 0.3) is 17.2 Å². The number of aromatic nitrogens is 1. The van der Waals surface area contributed by atoms with Gasteiger partial charge in [-0.15, -0.1) is 0 Å². The van der Waals surface area contributed by atoms with Gasteiger partial charge < -0.3 is 24.6 Å². The molecule has 0 atom stereocenters. The number of nitrogens with zero attached hydrogens (tertiary/aromatic N) is 1. The Morgan fingerprint density at radius 3 is 2.46 bits per heavy atom. The predicted molar refractivity (Wildman–Crippen MR) is 144 cm³/mol. The lowest BCUT2D eigenvalue weighted by molar-refractivity contribution is -0.120. The van der Waals surface area contributed by atoms with Crippen molar-refractivity contribution in [3.05, 3.63) is 88.5 Å². The molecule has 3 aromatic rings. The molecular formula is C27H26FN2O5PS. The van der Waals surface area contributed by atoms with E-state index in [1.165, 1.54) is 26.4 Å². The molecule has 37 heavy (non-hydrogen) atoms. The maximum absolute atomic E-state index is 14.2. The van der Waals surface area contributed by atoms with E-state index in [-0.39, 0.29) is 18.1 Å². The quantitative estimate of drug-likeness (QED) is 0.305. The highest BCUT2D eigenvalue weighted by molar-refractivity contribution is 8.52. The third-order valence-electron chi connectivity index (χ3n) is 5.95. The second kappa shape index (κ2) is 11.9. The first-order valence-corrected chi connectivity index (χ1v) is 14.0. The summed E-state index contributed by atoms with van der Waals surface area (Å²) in [5, 5.41) is 2.88.